The van der Waals surface area contributed by atoms with E-state index in [1.165, 1.54) is 11.8 Å². The first-order valence-corrected chi connectivity index (χ1v) is 9.67. The largest absolute Gasteiger partial charge is 0.325 e. The molecule has 30 heavy (non-hydrogen) atoms. The van der Waals surface area contributed by atoms with Crippen molar-refractivity contribution in [2.45, 2.75) is 18.3 Å². The number of H-pyrrole nitrogens is 2. The van der Waals surface area contributed by atoms with Gasteiger partial charge in [0, 0.05) is 36.6 Å². The minimum absolute atomic E-state index is 0.282. The standard InChI is InChI=1S/C21H17N7O2/c1-27-18-6-11(2-3-12(18)9-24-27)13-7-14(13)15-8-17(26-28-5-4-22-19(15)28)16-10-23-21(30)25-20(16)29/h2-6,8-10,13-14H,7H2,1H3,(H2,23,25,29,30)/t13-,14+/m1/s1. The second kappa shape index (κ2) is 5.99. The first-order valence-electron chi connectivity index (χ1n) is 9.67. The Kier molecular flexibility index (Phi) is 3.38. The van der Waals surface area contributed by atoms with E-state index in [4.69, 9.17) is 0 Å². The smallest absolute Gasteiger partial charge is 0.313 e. The van der Waals surface area contributed by atoms with Crippen molar-refractivity contribution in [2.24, 2.45) is 7.05 Å². The van der Waals surface area contributed by atoms with Crippen LogP contribution in [0.3, 0.4) is 0 Å². The number of aromatic nitrogens is 7. The molecule has 2 atom stereocenters. The van der Waals surface area contributed by atoms with Crippen molar-refractivity contribution >= 4 is 16.6 Å². The topological polar surface area (TPSA) is 114 Å². The molecule has 0 saturated heterocycles. The number of rotatable bonds is 3. The van der Waals surface area contributed by atoms with E-state index in [1.54, 1.807) is 16.9 Å². The summed E-state index contributed by atoms with van der Waals surface area (Å²) in [5.74, 6) is 0.651. The number of benzene rings is 1. The minimum Gasteiger partial charge on any atom is -0.313 e. The van der Waals surface area contributed by atoms with Crippen LogP contribution in [-0.4, -0.2) is 34.3 Å². The molecule has 0 amide bonds. The van der Waals surface area contributed by atoms with Gasteiger partial charge in [0.2, 0.25) is 0 Å². The lowest BCUT2D eigenvalue weighted by Crippen LogP contribution is -2.23. The second-order valence-electron chi connectivity index (χ2n) is 7.70. The number of aromatic amines is 2. The van der Waals surface area contributed by atoms with E-state index in [9.17, 15) is 9.59 Å². The monoisotopic (exact) mass is 399 g/mol. The van der Waals surface area contributed by atoms with Crippen molar-refractivity contribution in [3.63, 3.8) is 0 Å². The molecule has 1 saturated carbocycles. The van der Waals surface area contributed by atoms with E-state index in [-0.39, 0.29) is 5.92 Å². The molecule has 0 spiro atoms. The number of hydrogen-bond acceptors (Lipinski definition) is 5. The van der Waals surface area contributed by atoms with Gasteiger partial charge in [0.25, 0.3) is 5.56 Å². The molecule has 1 aliphatic rings. The second-order valence-corrected chi connectivity index (χ2v) is 7.70. The fourth-order valence-corrected chi connectivity index (χ4v) is 4.24. The SMILES string of the molecule is Cn1ncc2ccc([C@H]3C[C@@H]3c3cc(-c4c[nH]c(=O)[nH]c4=O)nn4ccnc34)cc21. The maximum Gasteiger partial charge on any atom is 0.325 e. The predicted molar refractivity (Wildman–Crippen MR) is 110 cm³/mol. The Bertz CT molecular complexity index is 1560. The molecular weight excluding hydrogens is 382 g/mol. The average Bonchev–Trinajstić information content (AvgIpc) is 3.23. The quantitative estimate of drug-likeness (QED) is 0.481. The maximum atomic E-state index is 12.3. The van der Waals surface area contributed by atoms with Gasteiger partial charge in [-0.3, -0.25) is 14.5 Å². The van der Waals surface area contributed by atoms with Gasteiger partial charge in [-0.25, -0.2) is 14.3 Å². The summed E-state index contributed by atoms with van der Waals surface area (Å²) in [5, 5.41) is 9.96. The van der Waals surface area contributed by atoms with Gasteiger partial charge in [0.1, 0.15) is 0 Å². The summed E-state index contributed by atoms with van der Waals surface area (Å²) in [6.45, 7) is 0. The summed E-state index contributed by atoms with van der Waals surface area (Å²) in [6, 6.07) is 8.38. The van der Waals surface area contributed by atoms with E-state index in [0.29, 0.717) is 17.2 Å². The molecule has 9 nitrogen and oxygen atoms in total. The van der Waals surface area contributed by atoms with E-state index in [0.717, 1.165) is 28.5 Å². The Hall–Kier alpha value is -4.01. The van der Waals surface area contributed by atoms with Gasteiger partial charge in [0.05, 0.1) is 23.0 Å². The highest BCUT2D eigenvalue weighted by molar-refractivity contribution is 5.79. The van der Waals surface area contributed by atoms with Gasteiger partial charge < -0.3 is 4.98 Å². The molecule has 6 rings (SSSR count). The average molecular weight is 399 g/mol. The van der Waals surface area contributed by atoms with Crippen LogP contribution >= 0.6 is 0 Å². The van der Waals surface area contributed by atoms with Crippen molar-refractivity contribution in [3.8, 4) is 11.3 Å². The Morgan fingerprint density at radius 2 is 2.07 bits per heavy atom. The first kappa shape index (κ1) is 16.9. The van der Waals surface area contributed by atoms with Gasteiger partial charge >= 0.3 is 5.69 Å². The molecule has 2 N–H and O–H groups in total. The van der Waals surface area contributed by atoms with Crippen molar-refractivity contribution < 1.29 is 0 Å². The summed E-state index contributed by atoms with van der Waals surface area (Å²) in [4.78, 5) is 32.9. The van der Waals surface area contributed by atoms with Crippen LogP contribution in [0.2, 0.25) is 0 Å². The third-order valence-corrected chi connectivity index (χ3v) is 5.87. The van der Waals surface area contributed by atoms with Gasteiger partial charge in [0.15, 0.2) is 5.65 Å². The Morgan fingerprint density at radius 1 is 1.17 bits per heavy atom. The Morgan fingerprint density at radius 3 is 2.93 bits per heavy atom. The molecule has 1 aromatic carbocycles. The first-order chi connectivity index (χ1) is 14.6. The molecule has 4 heterocycles. The molecule has 1 aliphatic carbocycles. The van der Waals surface area contributed by atoms with Gasteiger partial charge in [-0.05, 0) is 36.0 Å². The van der Waals surface area contributed by atoms with Crippen molar-refractivity contribution in [3.05, 3.63) is 81.0 Å². The number of nitrogens with one attached hydrogen (secondary N) is 2. The molecule has 148 valence electrons. The summed E-state index contributed by atoms with van der Waals surface area (Å²) in [7, 11) is 1.95. The highest BCUT2D eigenvalue weighted by atomic mass is 16.2. The summed E-state index contributed by atoms with van der Waals surface area (Å²) in [5.41, 5.74) is 4.02. The molecule has 0 aliphatic heterocycles. The van der Waals surface area contributed by atoms with Crippen LogP contribution in [0.25, 0.3) is 27.8 Å². The molecule has 5 aromatic rings. The summed E-state index contributed by atoms with van der Waals surface area (Å²) < 4.78 is 3.57. The summed E-state index contributed by atoms with van der Waals surface area (Å²) >= 11 is 0. The molecule has 9 heteroatoms. The number of imidazole rings is 1. The molecule has 0 bridgehead atoms. The molecular formula is C21H17N7O2. The van der Waals surface area contributed by atoms with Crippen LogP contribution in [0.15, 0.2) is 58.6 Å². The lowest BCUT2D eigenvalue weighted by atomic mass is 10.0. The lowest BCUT2D eigenvalue weighted by Gasteiger charge is -2.07. The van der Waals surface area contributed by atoms with Crippen LogP contribution in [-0.2, 0) is 7.05 Å². The third-order valence-electron chi connectivity index (χ3n) is 5.87. The number of fused-ring (bicyclic) bond motifs is 2. The van der Waals surface area contributed by atoms with E-state index in [1.807, 2.05) is 24.0 Å². The van der Waals surface area contributed by atoms with Crippen LogP contribution in [0.1, 0.15) is 29.4 Å². The number of nitrogens with zero attached hydrogens (tertiary/aromatic N) is 5. The molecule has 0 radical (unpaired) electrons. The van der Waals surface area contributed by atoms with Crippen LogP contribution < -0.4 is 11.2 Å². The zero-order valence-electron chi connectivity index (χ0n) is 16.0. The summed E-state index contributed by atoms with van der Waals surface area (Å²) in [6.07, 6.45) is 7.73. The van der Waals surface area contributed by atoms with E-state index < -0.39 is 11.2 Å². The Labute approximate surface area is 169 Å². The molecule has 4 aromatic heterocycles. The number of aryl methyl sites for hydroxylation is 1. The van der Waals surface area contributed by atoms with Crippen molar-refractivity contribution in [1.82, 2.24) is 34.3 Å². The fraction of sp³-hybridized carbons (Fsp3) is 0.190. The Balaban J connectivity index is 1.45. The van der Waals surface area contributed by atoms with Crippen LogP contribution in [0.5, 0.6) is 0 Å². The molecule has 1 fully saturated rings. The lowest BCUT2D eigenvalue weighted by molar-refractivity contribution is 0.796. The van der Waals surface area contributed by atoms with Crippen LogP contribution in [0.4, 0.5) is 0 Å². The fourth-order valence-electron chi connectivity index (χ4n) is 4.24. The normalized spacial score (nSPS) is 18.3. The van der Waals surface area contributed by atoms with Crippen LogP contribution in [0, 0.1) is 0 Å². The van der Waals surface area contributed by atoms with Gasteiger partial charge in [-0.15, -0.1) is 0 Å². The van der Waals surface area contributed by atoms with E-state index >= 15 is 0 Å². The highest BCUT2D eigenvalue weighted by Gasteiger charge is 2.41. The van der Waals surface area contributed by atoms with E-state index in [2.05, 4.69) is 43.3 Å². The van der Waals surface area contributed by atoms with Gasteiger partial charge in [-0.2, -0.15) is 10.2 Å². The van der Waals surface area contributed by atoms with Gasteiger partial charge in [-0.1, -0.05) is 12.1 Å². The molecule has 0 unspecified atom stereocenters. The highest BCUT2D eigenvalue weighted by Crippen LogP contribution is 2.55. The third kappa shape index (κ3) is 2.52. The number of hydrogen-bond donors (Lipinski definition) is 2. The predicted octanol–water partition coefficient (Wildman–Crippen LogP) is 1.93. The maximum absolute atomic E-state index is 12.3. The zero-order chi connectivity index (χ0) is 20.4. The minimum atomic E-state index is -0.541. The van der Waals surface area contributed by atoms with Crippen molar-refractivity contribution in [1.29, 1.82) is 0 Å². The van der Waals surface area contributed by atoms with Crippen molar-refractivity contribution in [2.75, 3.05) is 0 Å². The zero-order valence-corrected chi connectivity index (χ0v) is 16.0.